The number of hydrogen-bond donors (Lipinski definition) is 1. The van der Waals surface area contributed by atoms with Crippen LogP contribution in [0.25, 0.3) is 11.0 Å². The molecule has 1 saturated carbocycles. The van der Waals surface area contributed by atoms with E-state index in [9.17, 15) is 4.79 Å². The van der Waals surface area contributed by atoms with Gasteiger partial charge in [0, 0.05) is 12.0 Å². The van der Waals surface area contributed by atoms with Crippen molar-refractivity contribution in [3.8, 4) is 0 Å². The summed E-state index contributed by atoms with van der Waals surface area (Å²) in [7, 11) is 0. The molecule has 1 fully saturated rings. The van der Waals surface area contributed by atoms with Crippen LogP contribution in [0.1, 0.15) is 61.8 Å². The van der Waals surface area contributed by atoms with Crippen LogP contribution in [-0.4, -0.2) is 20.6 Å². The summed E-state index contributed by atoms with van der Waals surface area (Å²) >= 11 is 0. The average Bonchev–Trinajstić information content (AvgIpc) is 2.73. The molecule has 3 rings (SSSR count). The number of aromatic nitrogens is 2. The number of aromatic carboxylic acids is 1. The van der Waals surface area contributed by atoms with Crippen molar-refractivity contribution in [2.45, 2.75) is 45.6 Å². The molecule has 0 atom stereocenters. The number of fused-ring (bicyclic) bond motifs is 1. The van der Waals surface area contributed by atoms with E-state index >= 15 is 0 Å². The first kappa shape index (κ1) is 13.2. The van der Waals surface area contributed by atoms with Crippen molar-refractivity contribution in [3.63, 3.8) is 0 Å². The number of nitrogens with zero attached hydrogens (tertiary/aromatic N) is 2. The molecule has 1 N–H and O–H groups in total. The van der Waals surface area contributed by atoms with Crippen molar-refractivity contribution in [1.29, 1.82) is 0 Å². The second-order valence-electron chi connectivity index (χ2n) is 6.23. The highest BCUT2D eigenvalue weighted by atomic mass is 16.4. The van der Waals surface area contributed by atoms with Gasteiger partial charge in [0.1, 0.15) is 5.82 Å². The van der Waals surface area contributed by atoms with E-state index in [1.807, 2.05) is 6.07 Å². The third-order valence-corrected chi connectivity index (χ3v) is 4.19. The quantitative estimate of drug-likeness (QED) is 0.923. The number of hydrogen-bond acceptors (Lipinski definition) is 2. The van der Waals surface area contributed by atoms with E-state index < -0.39 is 5.97 Å². The highest BCUT2D eigenvalue weighted by Gasteiger charge is 2.30. The average molecular weight is 272 g/mol. The molecule has 0 saturated heterocycles. The summed E-state index contributed by atoms with van der Waals surface area (Å²) in [6.07, 6.45) is 2.37. The topological polar surface area (TPSA) is 55.1 Å². The van der Waals surface area contributed by atoms with Crippen LogP contribution in [0.2, 0.25) is 0 Å². The fraction of sp³-hybridized carbons (Fsp3) is 0.500. The molecule has 1 aromatic heterocycles. The Labute approximate surface area is 118 Å². The van der Waals surface area contributed by atoms with Crippen LogP contribution >= 0.6 is 0 Å². The lowest BCUT2D eigenvalue weighted by atomic mass is 9.81. The molecule has 4 nitrogen and oxygen atoms in total. The minimum absolute atomic E-state index is 0.305. The SMILES string of the molecule is CC1CC(n2c(C(C)C)nc3cc(C(=O)O)ccc32)C1. The second-order valence-corrected chi connectivity index (χ2v) is 6.23. The van der Waals surface area contributed by atoms with Crippen LogP contribution in [0.4, 0.5) is 0 Å². The number of rotatable bonds is 3. The summed E-state index contributed by atoms with van der Waals surface area (Å²) in [4.78, 5) is 15.8. The molecule has 106 valence electrons. The summed E-state index contributed by atoms with van der Waals surface area (Å²) in [5, 5.41) is 9.10. The van der Waals surface area contributed by atoms with Crippen molar-refractivity contribution in [2.75, 3.05) is 0 Å². The van der Waals surface area contributed by atoms with Crippen LogP contribution in [0.5, 0.6) is 0 Å². The highest BCUT2D eigenvalue weighted by Crippen LogP contribution is 2.41. The predicted molar refractivity (Wildman–Crippen MR) is 78.2 cm³/mol. The molecule has 1 heterocycles. The summed E-state index contributed by atoms with van der Waals surface area (Å²) in [6.45, 7) is 6.54. The molecule has 0 spiro atoms. The lowest BCUT2D eigenvalue weighted by Gasteiger charge is -2.35. The van der Waals surface area contributed by atoms with Gasteiger partial charge in [-0.15, -0.1) is 0 Å². The first-order valence-corrected chi connectivity index (χ1v) is 7.22. The zero-order chi connectivity index (χ0) is 14.4. The molecule has 20 heavy (non-hydrogen) atoms. The zero-order valence-electron chi connectivity index (χ0n) is 12.1. The molecule has 0 amide bonds. The number of carboxylic acids is 1. The van der Waals surface area contributed by atoms with E-state index in [1.165, 1.54) is 12.8 Å². The van der Waals surface area contributed by atoms with Gasteiger partial charge in [0.2, 0.25) is 0 Å². The fourth-order valence-electron chi connectivity index (χ4n) is 3.11. The van der Waals surface area contributed by atoms with Gasteiger partial charge < -0.3 is 9.67 Å². The smallest absolute Gasteiger partial charge is 0.335 e. The monoisotopic (exact) mass is 272 g/mol. The predicted octanol–water partition coefficient (Wildman–Crippen LogP) is 3.83. The van der Waals surface area contributed by atoms with Gasteiger partial charge in [-0.1, -0.05) is 20.8 Å². The Bertz CT molecular complexity index is 666. The summed E-state index contributed by atoms with van der Waals surface area (Å²) in [5.74, 6) is 1.28. The summed E-state index contributed by atoms with van der Waals surface area (Å²) < 4.78 is 2.33. The fourth-order valence-corrected chi connectivity index (χ4v) is 3.11. The van der Waals surface area contributed by atoms with E-state index in [4.69, 9.17) is 5.11 Å². The Morgan fingerprint density at radius 3 is 2.65 bits per heavy atom. The second kappa shape index (κ2) is 4.62. The summed E-state index contributed by atoms with van der Waals surface area (Å²) in [6, 6.07) is 5.78. The van der Waals surface area contributed by atoms with Gasteiger partial charge in [-0.05, 0) is 37.0 Å². The number of benzene rings is 1. The van der Waals surface area contributed by atoms with Crippen molar-refractivity contribution < 1.29 is 9.90 Å². The Hall–Kier alpha value is -1.84. The summed E-state index contributed by atoms with van der Waals surface area (Å²) in [5.41, 5.74) is 2.17. The Morgan fingerprint density at radius 2 is 2.10 bits per heavy atom. The third-order valence-electron chi connectivity index (χ3n) is 4.19. The lowest BCUT2D eigenvalue weighted by molar-refractivity contribution is 0.0697. The molecule has 1 aliphatic rings. The molecule has 1 aliphatic carbocycles. The van der Waals surface area contributed by atoms with E-state index in [0.717, 1.165) is 22.8 Å². The standard InChI is InChI=1S/C16H20N2O2/c1-9(2)15-17-13-8-11(16(19)20)4-5-14(13)18(15)12-6-10(3)7-12/h4-5,8-10,12H,6-7H2,1-3H3,(H,19,20). The molecule has 4 heteroatoms. The Morgan fingerprint density at radius 1 is 1.40 bits per heavy atom. The minimum Gasteiger partial charge on any atom is -0.478 e. The molecule has 0 unspecified atom stereocenters. The largest absolute Gasteiger partial charge is 0.478 e. The normalized spacial score (nSPS) is 22.2. The number of imidazole rings is 1. The van der Waals surface area contributed by atoms with Crippen LogP contribution < -0.4 is 0 Å². The van der Waals surface area contributed by atoms with E-state index in [0.29, 0.717) is 17.5 Å². The van der Waals surface area contributed by atoms with Gasteiger partial charge in [0.05, 0.1) is 16.6 Å². The zero-order valence-corrected chi connectivity index (χ0v) is 12.1. The van der Waals surface area contributed by atoms with Crippen LogP contribution in [0.3, 0.4) is 0 Å². The maximum absolute atomic E-state index is 11.1. The van der Waals surface area contributed by atoms with Crippen molar-refractivity contribution in [2.24, 2.45) is 5.92 Å². The van der Waals surface area contributed by atoms with Gasteiger partial charge in [-0.25, -0.2) is 9.78 Å². The molecule has 0 radical (unpaired) electrons. The van der Waals surface area contributed by atoms with Gasteiger partial charge >= 0.3 is 5.97 Å². The molecule has 2 aromatic rings. The third kappa shape index (κ3) is 1.99. The van der Waals surface area contributed by atoms with Gasteiger partial charge in [-0.3, -0.25) is 0 Å². The van der Waals surface area contributed by atoms with Gasteiger partial charge in [-0.2, -0.15) is 0 Å². The van der Waals surface area contributed by atoms with Crippen LogP contribution in [0.15, 0.2) is 18.2 Å². The molecule has 1 aromatic carbocycles. The first-order chi connectivity index (χ1) is 9.47. The van der Waals surface area contributed by atoms with Crippen molar-refractivity contribution in [1.82, 2.24) is 9.55 Å². The molecule has 0 aliphatic heterocycles. The van der Waals surface area contributed by atoms with Crippen LogP contribution in [0, 0.1) is 5.92 Å². The lowest BCUT2D eigenvalue weighted by Crippen LogP contribution is -2.26. The maximum atomic E-state index is 11.1. The Balaban J connectivity index is 2.15. The minimum atomic E-state index is -0.898. The number of carbonyl (C=O) groups is 1. The van der Waals surface area contributed by atoms with Gasteiger partial charge in [0.15, 0.2) is 0 Å². The number of carboxylic acid groups (broad SMARTS) is 1. The maximum Gasteiger partial charge on any atom is 0.335 e. The van der Waals surface area contributed by atoms with Crippen LogP contribution in [-0.2, 0) is 0 Å². The van der Waals surface area contributed by atoms with E-state index in [1.54, 1.807) is 12.1 Å². The van der Waals surface area contributed by atoms with E-state index in [2.05, 4.69) is 30.3 Å². The Kier molecular flexibility index (Phi) is 3.04. The molecule has 0 bridgehead atoms. The van der Waals surface area contributed by atoms with Gasteiger partial charge in [0.25, 0.3) is 0 Å². The van der Waals surface area contributed by atoms with E-state index in [-0.39, 0.29) is 0 Å². The van der Waals surface area contributed by atoms with Crippen molar-refractivity contribution >= 4 is 17.0 Å². The first-order valence-electron chi connectivity index (χ1n) is 7.22. The molecular weight excluding hydrogens is 252 g/mol. The molecular formula is C16H20N2O2. The highest BCUT2D eigenvalue weighted by molar-refractivity contribution is 5.92. The van der Waals surface area contributed by atoms with Crippen molar-refractivity contribution in [3.05, 3.63) is 29.6 Å².